The van der Waals surface area contributed by atoms with Gasteiger partial charge >= 0.3 is 0 Å². The van der Waals surface area contributed by atoms with Gasteiger partial charge < -0.3 is 5.32 Å². The molecule has 0 spiro atoms. The van der Waals surface area contributed by atoms with E-state index in [1.165, 1.54) is 0 Å². The summed E-state index contributed by atoms with van der Waals surface area (Å²) < 4.78 is 0. The van der Waals surface area contributed by atoms with Crippen molar-refractivity contribution < 1.29 is 4.79 Å². The normalized spacial score (nSPS) is 11.9. The molecule has 0 unspecified atom stereocenters. The summed E-state index contributed by atoms with van der Waals surface area (Å²) in [5.41, 5.74) is -0.122. The second kappa shape index (κ2) is 6.02. The minimum Gasteiger partial charge on any atom is -0.350 e. The molecule has 3 heteroatoms. The van der Waals surface area contributed by atoms with E-state index >= 15 is 0 Å². The molecule has 0 aliphatic rings. The molecule has 0 radical (unpaired) electrons. The van der Waals surface area contributed by atoms with Crippen LogP contribution in [-0.2, 0) is 4.79 Å². The van der Waals surface area contributed by atoms with Crippen molar-refractivity contribution in [2.75, 3.05) is 19.6 Å². The smallest absolute Gasteiger partial charge is 0.234 e. The second-order valence-corrected chi connectivity index (χ2v) is 4.67. The summed E-state index contributed by atoms with van der Waals surface area (Å²) in [6, 6.07) is 0. The van der Waals surface area contributed by atoms with Crippen LogP contribution in [0.2, 0.25) is 0 Å². The summed E-state index contributed by atoms with van der Waals surface area (Å²) in [7, 11) is 0. The van der Waals surface area contributed by atoms with E-state index in [1.807, 2.05) is 20.8 Å². The average Bonchev–Trinajstić information content (AvgIpc) is 2.00. The van der Waals surface area contributed by atoms with Crippen molar-refractivity contribution in [3.05, 3.63) is 0 Å². The summed E-state index contributed by atoms with van der Waals surface area (Å²) in [6.07, 6.45) is 1.09. The van der Waals surface area contributed by atoms with Crippen molar-refractivity contribution in [1.82, 2.24) is 10.2 Å². The van der Waals surface area contributed by atoms with E-state index in [9.17, 15) is 4.79 Å². The highest BCUT2D eigenvalue weighted by Crippen LogP contribution is 1.99. The van der Waals surface area contributed by atoms with Gasteiger partial charge in [-0.25, -0.2) is 0 Å². The molecule has 1 amide bonds. The first-order valence-corrected chi connectivity index (χ1v) is 5.42. The van der Waals surface area contributed by atoms with E-state index in [4.69, 9.17) is 0 Å². The van der Waals surface area contributed by atoms with Gasteiger partial charge in [-0.1, -0.05) is 13.8 Å². The standard InChI is InChI=1S/C11H24N2O/c1-6-8-13(7-2)9-10(14)12-11(3,4)5/h6-9H2,1-5H3,(H,12,14). The molecule has 0 aromatic carbocycles. The van der Waals surface area contributed by atoms with Crippen LogP contribution >= 0.6 is 0 Å². The predicted octanol–water partition coefficient (Wildman–Crippen LogP) is 1.63. The molecule has 0 saturated carbocycles. The highest BCUT2D eigenvalue weighted by Gasteiger charge is 2.15. The van der Waals surface area contributed by atoms with Gasteiger partial charge in [0.1, 0.15) is 0 Å². The van der Waals surface area contributed by atoms with Crippen LogP contribution in [0.3, 0.4) is 0 Å². The topological polar surface area (TPSA) is 32.3 Å². The number of nitrogens with zero attached hydrogens (tertiary/aromatic N) is 1. The molecule has 0 rings (SSSR count). The Morgan fingerprint density at radius 2 is 1.86 bits per heavy atom. The third kappa shape index (κ3) is 6.89. The van der Waals surface area contributed by atoms with Crippen molar-refractivity contribution in [3.63, 3.8) is 0 Å². The number of carbonyl (C=O) groups excluding carboxylic acids is 1. The van der Waals surface area contributed by atoms with Gasteiger partial charge in [0.2, 0.25) is 5.91 Å². The molecule has 0 atom stereocenters. The lowest BCUT2D eigenvalue weighted by Gasteiger charge is -2.24. The van der Waals surface area contributed by atoms with E-state index in [0.717, 1.165) is 19.5 Å². The number of amides is 1. The molecule has 3 nitrogen and oxygen atoms in total. The highest BCUT2D eigenvalue weighted by atomic mass is 16.2. The van der Waals surface area contributed by atoms with Crippen LogP contribution in [0, 0.1) is 0 Å². The van der Waals surface area contributed by atoms with Crippen LogP contribution in [0.5, 0.6) is 0 Å². The Balaban J connectivity index is 3.91. The lowest BCUT2D eigenvalue weighted by atomic mass is 10.1. The number of hydrogen-bond donors (Lipinski definition) is 1. The summed E-state index contributed by atoms with van der Waals surface area (Å²) in [6.45, 7) is 12.7. The number of nitrogens with one attached hydrogen (secondary N) is 1. The highest BCUT2D eigenvalue weighted by molar-refractivity contribution is 5.78. The maximum absolute atomic E-state index is 11.6. The molecule has 84 valence electrons. The van der Waals surface area contributed by atoms with Gasteiger partial charge in [-0.2, -0.15) is 0 Å². The maximum Gasteiger partial charge on any atom is 0.234 e. The molecule has 0 bridgehead atoms. The van der Waals surface area contributed by atoms with Crippen LogP contribution in [0.15, 0.2) is 0 Å². The monoisotopic (exact) mass is 200 g/mol. The van der Waals surface area contributed by atoms with Gasteiger partial charge in [0.05, 0.1) is 6.54 Å². The Bertz CT molecular complexity index is 173. The minimum atomic E-state index is -0.122. The Morgan fingerprint density at radius 1 is 1.29 bits per heavy atom. The summed E-state index contributed by atoms with van der Waals surface area (Å²) in [4.78, 5) is 13.7. The summed E-state index contributed by atoms with van der Waals surface area (Å²) >= 11 is 0. The largest absolute Gasteiger partial charge is 0.350 e. The fraction of sp³-hybridized carbons (Fsp3) is 0.909. The van der Waals surface area contributed by atoms with E-state index in [1.54, 1.807) is 0 Å². The Kier molecular flexibility index (Phi) is 5.77. The van der Waals surface area contributed by atoms with Crippen molar-refractivity contribution in [1.29, 1.82) is 0 Å². The Labute approximate surface area is 87.9 Å². The number of carbonyl (C=O) groups is 1. The van der Waals surface area contributed by atoms with Gasteiger partial charge in [-0.3, -0.25) is 9.69 Å². The van der Waals surface area contributed by atoms with Gasteiger partial charge in [-0.15, -0.1) is 0 Å². The first kappa shape index (κ1) is 13.4. The average molecular weight is 200 g/mol. The lowest BCUT2D eigenvalue weighted by molar-refractivity contribution is -0.123. The first-order valence-electron chi connectivity index (χ1n) is 5.42. The zero-order valence-electron chi connectivity index (χ0n) is 10.2. The van der Waals surface area contributed by atoms with Gasteiger partial charge in [-0.05, 0) is 40.3 Å². The van der Waals surface area contributed by atoms with Crippen LogP contribution in [-0.4, -0.2) is 36.0 Å². The van der Waals surface area contributed by atoms with Crippen molar-refractivity contribution >= 4 is 5.91 Å². The molecule has 0 heterocycles. The maximum atomic E-state index is 11.6. The third-order valence-corrected chi connectivity index (χ3v) is 1.87. The third-order valence-electron chi connectivity index (χ3n) is 1.87. The van der Waals surface area contributed by atoms with Crippen molar-refractivity contribution in [3.8, 4) is 0 Å². The predicted molar refractivity (Wildman–Crippen MR) is 60.3 cm³/mol. The Hall–Kier alpha value is -0.570. The first-order chi connectivity index (χ1) is 6.39. The number of rotatable bonds is 5. The van der Waals surface area contributed by atoms with Crippen LogP contribution < -0.4 is 5.32 Å². The van der Waals surface area contributed by atoms with Crippen molar-refractivity contribution in [2.24, 2.45) is 0 Å². The lowest BCUT2D eigenvalue weighted by Crippen LogP contribution is -2.46. The molecule has 0 aromatic heterocycles. The molecule has 1 N–H and O–H groups in total. The van der Waals surface area contributed by atoms with Crippen molar-refractivity contribution in [2.45, 2.75) is 46.6 Å². The van der Waals surface area contributed by atoms with Crippen LogP contribution in [0.4, 0.5) is 0 Å². The molecule has 14 heavy (non-hydrogen) atoms. The molecular weight excluding hydrogens is 176 g/mol. The van der Waals surface area contributed by atoms with Gasteiger partial charge in [0.15, 0.2) is 0 Å². The van der Waals surface area contributed by atoms with Gasteiger partial charge in [0, 0.05) is 5.54 Å². The zero-order valence-corrected chi connectivity index (χ0v) is 10.2. The molecule has 0 saturated heterocycles. The van der Waals surface area contributed by atoms with Crippen LogP contribution in [0.1, 0.15) is 41.0 Å². The van der Waals surface area contributed by atoms with E-state index in [2.05, 4.69) is 24.1 Å². The molecule has 0 aliphatic heterocycles. The van der Waals surface area contributed by atoms with E-state index in [-0.39, 0.29) is 11.4 Å². The quantitative estimate of drug-likeness (QED) is 0.731. The zero-order chi connectivity index (χ0) is 11.2. The SMILES string of the molecule is CCCN(CC)CC(=O)NC(C)(C)C. The molecule has 0 fully saturated rings. The Morgan fingerprint density at radius 3 is 2.21 bits per heavy atom. The summed E-state index contributed by atoms with van der Waals surface area (Å²) in [5, 5.41) is 2.96. The van der Waals surface area contributed by atoms with Crippen LogP contribution in [0.25, 0.3) is 0 Å². The number of hydrogen-bond acceptors (Lipinski definition) is 2. The second-order valence-electron chi connectivity index (χ2n) is 4.67. The fourth-order valence-corrected chi connectivity index (χ4v) is 1.33. The molecular formula is C11H24N2O. The van der Waals surface area contributed by atoms with E-state index < -0.39 is 0 Å². The van der Waals surface area contributed by atoms with E-state index in [0.29, 0.717) is 6.54 Å². The fourth-order valence-electron chi connectivity index (χ4n) is 1.33. The molecule has 0 aromatic rings. The van der Waals surface area contributed by atoms with Gasteiger partial charge in [0.25, 0.3) is 0 Å². The number of likely N-dealkylation sites (N-methyl/N-ethyl adjacent to an activating group) is 1. The molecule has 0 aliphatic carbocycles. The minimum absolute atomic E-state index is 0.118. The summed E-state index contributed by atoms with van der Waals surface area (Å²) in [5.74, 6) is 0.118.